The molecule has 6 nitrogen and oxygen atoms in total. The summed E-state index contributed by atoms with van der Waals surface area (Å²) in [6, 6.07) is 8.28. The fourth-order valence-electron chi connectivity index (χ4n) is 2.82. The molecule has 120 valence electrons. The number of ketones is 1. The molecule has 2 aromatic rings. The van der Waals surface area contributed by atoms with Gasteiger partial charge in [0.1, 0.15) is 17.1 Å². The van der Waals surface area contributed by atoms with Crippen LogP contribution in [0.4, 0.5) is 5.69 Å². The quantitative estimate of drug-likeness (QED) is 0.833. The average Bonchev–Trinajstić information content (AvgIpc) is 2.56. The van der Waals surface area contributed by atoms with Crippen LogP contribution in [-0.4, -0.2) is 58.6 Å². The van der Waals surface area contributed by atoms with Crippen LogP contribution in [0.5, 0.6) is 11.5 Å². The third-order valence-corrected chi connectivity index (χ3v) is 4.07. The molecular formula is C17H19N3O3. The van der Waals surface area contributed by atoms with Gasteiger partial charge in [0, 0.05) is 44.3 Å². The number of Topliss-reactive ketones (excluding diaryl/α,β-unsaturated/α-hetero) is 1. The Kier molecular flexibility index (Phi) is 4.43. The van der Waals surface area contributed by atoms with E-state index < -0.39 is 0 Å². The first-order chi connectivity index (χ1) is 11.1. The highest BCUT2D eigenvalue weighted by atomic mass is 16.3. The van der Waals surface area contributed by atoms with Crippen molar-refractivity contribution >= 4 is 11.5 Å². The van der Waals surface area contributed by atoms with Gasteiger partial charge in [-0.05, 0) is 24.3 Å². The Balaban J connectivity index is 1.60. The molecule has 23 heavy (non-hydrogen) atoms. The van der Waals surface area contributed by atoms with Gasteiger partial charge in [0.25, 0.3) is 0 Å². The Labute approximate surface area is 134 Å². The molecule has 0 unspecified atom stereocenters. The molecule has 0 amide bonds. The van der Waals surface area contributed by atoms with E-state index in [-0.39, 0.29) is 29.4 Å². The van der Waals surface area contributed by atoms with Crippen LogP contribution < -0.4 is 4.90 Å². The van der Waals surface area contributed by atoms with E-state index in [4.69, 9.17) is 0 Å². The van der Waals surface area contributed by atoms with E-state index in [1.165, 1.54) is 18.2 Å². The number of pyridine rings is 1. The van der Waals surface area contributed by atoms with Crippen LogP contribution in [0, 0.1) is 0 Å². The fraction of sp³-hybridized carbons (Fsp3) is 0.294. The standard InChI is InChI=1S/C17H19N3O3/c21-14-2-1-3-15(22)17(14)16(23)12-19-8-10-20(11-9-19)13-4-6-18-7-5-13/h1-7,21-22H,8-12H2. The second kappa shape index (κ2) is 6.66. The average molecular weight is 313 g/mol. The number of anilines is 1. The molecule has 1 aliphatic rings. The van der Waals surface area contributed by atoms with E-state index in [9.17, 15) is 15.0 Å². The van der Waals surface area contributed by atoms with E-state index in [1.54, 1.807) is 12.4 Å². The van der Waals surface area contributed by atoms with Crippen molar-refractivity contribution in [2.45, 2.75) is 0 Å². The molecule has 3 rings (SSSR count). The summed E-state index contributed by atoms with van der Waals surface area (Å²) in [5.74, 6) is -0.617. The van der Waals surface area contributed by atoms with Crippen molar-refractivity contribution in [3.8, 4) is 11.5 Å². The molecule has 0 atom stereocenters. The molecule has 1 aromatic carbocycles. The van der Waals surface area contributed by atoms with E-state index in [1.807, 2.05) is 17.0 Å². The number of rotatable bonds is 4. The normalized spacial score (nSPS) is 15.6. The minimum Gasteiger partial charge on any atom is -0.507 e. The number of phenols is 2. The van der Waals surface area contributed by atoms with Crippen molar-refractivity contribution in [1.82, 2.24) is 9.88 Å². The minimum atomic E-state index is -0.266. The van der Waals surface area contributed by atoms with Crippen molar-refractivity contribution in [3.05, 3.63) is 48.3 Å². The molecule has 0 radical (unpaired) electrons. The zero-order valence-corrected chi connectivity index (χ0v) is 12.7. The van der Waals surface area contributed by atoms with Gasteiger partial charge in [0.15, 0.2) is 5.78 Å². The SMILES string of the molecule is O=C(CN1CCN(c2ccncc2)CC1)c1c(O)cccc1O. The molecule has 1 aliphatic heterocycles. The Morgan fingerprint density at radius 3 is 2.22 bits per heavy atom. The predicted octanol–water partition coefficient (Wildman–Crippen LogP) is 1.50. The summed E-state index contributed by atoms with van der Waals surface area (Å²) < 4.78 is 0. The van der Waals surface area contributed by atoms with E-state index in [0.717, 1.165) is 31.9 Å². The van der Waals surface area contributed by atoms with Gasteiger partial charge < -0.3 is 15.1 Å². The van der Waals surface area contributed by atoms with Gasteiger partial charge in [0.2, 0.25) is 0 Å². The molecule has 1 fully saturated rings. The highest BCUT2D eigenvalue weighted by molar-refractivity contribution is 6.02. The smallest absolute Gasteiger partial charge is 0.184 e. The van der Waals surface area contributed by atoms with Crippen molar-refractivity contribution in [2.75, 3.05) is 37.6 Å². The molecule has 6 heteroatoms. The zero-order chi connectivity index (χ0) is 16.2. The second-order valence-electron chi connectivity index (χ2n) is 5.56. The van der Waals surface area contributed by atoms with E-state index in [2.05, 4.69) is 9.88 Å². The topological polar surface area (TPSA) is 76.9 Å². The molecule has 0 spiro atoms. The summed E-state index contributed by atoms with van der Waals surface area (Å²) in [4.78, 5) is 20.6. The molecule has 2 heterocycles. The first-order valence-corrected chi connectivity index (χ1v) is 7.56. The first kappa shape index (κ1) is 15.3. The molecule has 1 saturated heterocycles. The highest BCUT2D eigenvalue weighted by Gasteiger charge is 2.22. The first-order valence-electron chi connectivity index (χ1n) is 7.56. The van der Waals surface area contributed by atoms with Crippen LogP contribution >= 0.6 is 0 Å². The Hall–Kier alpha value is -2.60. The predicted molar refractivity (Wildman–Crippen MR) is 87.0 cm³/mol. The van der Waals surface area contributed by atoms with Gasteiger partial charge in [0.05, 0.1) is 6.54 Å². The summed E-state index contributed by atoms with van der Waals surface area (Å²) in [6.07, 6.45) is 3.54. The third kappa shape index (κ3) is 3.43. The number of aromatic hydroxyl groups is 2. The molecule has 0 bridgehead atoms. The third-order valence-electron chi connectivity index (χ3n) is 4.07. The molecular weight excluding hydrogens is 294 g/mol. The summed E-state index contributed by atoms with van der Waals surface area (Å²) in [5.41, 5.74) is 1.13. The number of nitrogens with zero attached hydrogens (tertiary/aromatic N) is 3. The lowest BCUT2D eigenvalue weighted by molar-refractivity contribution is 0.0921. The maximum atomic E-state index is 12.3. The zero-order valence-electron chi connectivity index (χ0n) is 12.7. The van der Waals surface area contributed by atoms with Gasteiger partial charge in [-0.1, -0.05) is 6.07 Å². The molecule has 2 N–H and O–H groups in total. The summed E-state index contributed by atoms with van der Waals surface area (Å²) in [5, 5.41) is 19.5. The number of aromatic nitrogens is 1. The summed E-state index contributed by atoms with van der Waals surface area (Å²) in [7, 11) is 0. The van der Waals surface area contributed by atoms with Gasteiger partial charge in [-0.15, -0.1) is 0 Å². The van der Waals surface area contributed by atoms with Gasteiger partial charge in [-0.25, -0.2) is 0 Å². The van der Waals surface area contributed by atoms with Crippen LogP contribution in [0.25, 0.3) is 0 Å². The van der Waals surface area contributed by atoms with Gasteiger partial charge in [-0.3, -0.25) is 14.7 Å². The fourth-order valence-corrected chi connectivity index (χ4v) is 2.82. The summed E-state index contributed by atoms with van der Waals surface area (Å²) in [6.45, 7) is 3.34. The van der Waals surface area contributed by atoms with Crippen molar-refractivity contribution in [1.29, 1.82) is 0 Å². The van der Waals surface area contributed by atoms with Crippen LogP contribution in [0.15, 0.2) is 42.7 Å². The Morgan fingerprint density at radius 2 is 1.61 bits per heavy atom. The van der Waals surface area contributed by atoms with Crippen molar-refractivity contribution in [3.63, 3.8) is 0 Å². The van der Waals surface area contributed by atoms with Crippen molar-refractivity contribution < 1.29 is 15.0 Å². The number of hydrogen-bond donors (Lipinski definition) is 2. The van der Waals surface area contributed by atoms with E-state index >= 15 is 0 Å². The minimum absolute atomic E-state index is 0.00376. The van der Waals surface area contributed by atoms with Gasteiger partial charge >= 0.3 is 0 Å². The Bertz CT molecular complexity index is 662. The number of benzene rings is 1. The lowest BCUT2D eigenvalue weighted by atomic mass is 10.1. The number of carbonyl (C=O) groups is 1. The molecule has 0 aliphatic carbocycles. The lowest BCUT2D eigenvalue weighted by Crippen LogP contribution is -2.48. The highest BCUT2D eigenvalue weighted by Crippen LogP contribution is 2.27. The number of hydrogen-bond acceptors (Lipinski definition) is 6. The summed E-state index contributed by atoms with van der Waals surface area (Å²) >= 11 is 0. The monoisotopic (exact) mass is 313 g/mol. The van der Waals surface area contributed by atoms with E-state index in [0.29, 0.717) is 0 Å². The molecule has 0 saturated carbocycles. The Morgan fingerprint density at radius 1 is 1.00 bits per heavy atom. The van der Waals surface area contributed by atoms with Crippen LogP contribution in [0.3, 0.4) is 0 Å². The van der Waals surface area contributed by atoms with Crippen molar-refractivity contribution in [2.24, 2.45) is 0 Å². The largest absolute Gasteiger partial charge is 0.507 e. The maximum Gasteiger partial charge on any atom is 0.184 e. The van der Waals surface area contributed by atoms with Crippen LogP contribution in [0.2, 0.25) is 0 Å². The lowest BCUT2D eigenvalue weighted by Gasteiger charge is -2.35. The number of piperazine rings is 1. The second-order valence-corrected chi connectivity index (χ2v) is 5.56. The number of phenolic OH excluding ortho intramolecular Hbond substituents is 2. The molecule has 1 aromatic heterocycles. The number of carbonyl (C=O) groups excluding carboxylic acids is 1. The maximum absolute atomic E-state index is 12.3. The van der Waals surface area contributed by atoms with Crippen LogP contribution in [-0.2, 0) is 0 Å². The van der Waals surface area contributed by atoms with Crippen LogP contribution in [0.1, 0.15) is 10.4 Å². The van der Waals surface area contributed by atoms with Gasteiger partial charge in [-0.2, -0.15) is 0 Å².